The molecule has 2 aliphatic heterocycles. The molecule has 2 rings (SSSR count). The van der Waals surface area contributed by atoms with Gasteiger partial charge < -0.3 is 11.1 Å². The van der Waals surface area contributed by atoms with Gasteiger partial charge >= 0.3 is 0 Å². The molecule has 0 radical (unpaired) electrons. The van der Waals surface area contributed by atoms with Crippen molar-refractivity contribution in [3.8, 4) is 0 Å². The van der Waals surface area contributed by atoms with Crippen molar-refractivity contribution in [1.82, 2.24) is 10.2 Å². The predicted octanol–water partition coefficient (Wildman–Crippen LogP) is -0.702. The van der Waals surface area contributed by atoms with Crippen LogP contribution < -0.4 is 11.1 Å². The monoisotopic (exact) mass is 183 g/mol. The standard InChI is InChI=1S/C9H17N3O/c10-7-3-4-12(5-7)6-8-1-2-9(13)11-8/h7-8H,1-6,10H2,(H,11,13). The summed E-state index contributed by atoms with van der Waals surface area (Å²) < 4.78 is 0. The second-order valence-corrected chi connectivity index (χ2v) is 4.11. The van der Waals surface area contributed by atoms with E-state index in [-0.39, 0.29) is 5.91 Å². The summed E-state index contributed by atoms with van der Waals surface area (Å²) in [5.74, 6) is 0.202. The van der Waals surface area contributed by atoms with Gasteiger partial charge in [-0.05, 0) is 19.4 Å². The smallest absolute Gasteiger partial charge is 0.220 e. The maximum absolute atomic E-state index is 10.9. The lowest BCUT2D eigenvalue weighted by molar-refractivity contribution is -0.119. The molecule has 0 spiro atoms. The van der Waals surface area contributed by atoms with Gasteiger partial charge in [-0.2, -0.15) is 0 Å². The van der Waals surface area contributed by atoms with Gasteiger partial charge in [0.15, 0.2) is 0 Å². The molecule has 0 aliphatic carbocycles. The Morgan fingerprint density at radius 3 is 2.92 bits per heavy atom. The van der Waals surface area contributed by atoms with E-state index in [1.165, 1.54) is 0 Å². The van der Waals surface area contributed by atoms with Crippen molar-refractivity contribution in [3.63, 3.8) is 0 Å². The van der Waals surface area contributed by atoms with Gasteiger partial charge in [-0.1, -0.05) is 0 Å². The third-order valence-electron chi connectivity index (χ3n) is 2.87. The van der Waals surface area contributed by atoms with Gasteiger partial charge in [0, 0.05) is 31.6 Å². The molecule has 4 nitrogen and oxygen atoms in total. The molecule has 2 saturated heterocycles. The van der Waals surface area contributed by atoms with Gasteiger partial charge in [-0.25, -0.2) is 0 Å². The van der Waals surface area contributed by atoms with Crippen LogP contribution in [0, 0.1) is 0 Å². The molecule has 2 unspecified atom stereocenters. The quantitative estimate of drug-likeness (QED) is 0.595. The average molecular weight is 183 g/mol. The maximum Gasteiger partial charge on any atom is 0.220 e. The summed E-state index contributed by atoms with van der Waals surface area (Å²) >= 11 is 0. The molecule has 0 bridgehead atoms. The van der Waals surface area contributed by atoms with Crippen molar-refractivity contribution < 1.29 is 4.79 Å². The maximum atomic E-state index is 10.9. The van der Waals surface area contributed by atoms with E-state index in [0.29, 0.717) is 18.5 Å². The first-order valence-electron chi connectivity index (χ1n) is 5.01. The molecule has 2 fully saturated rings. The minimum absolute atomic E-state index is 0.202. The fourth-order valence-electron chi connectivity index (χ4n) is 2.15. The molecule has 0 saturated carbocycles. The zero-order valence-corrected chi connectivity index (χ0v) is 7.83. The third-order valence-corrected chi connectivity index (χ3v) is 2.87. The molecule has 2 aliphatic rings. The summed E-state index contributed by atoms with van der Waals surface area (Å²) in [6.45, 7) is 3.07. The third kappa shape index (κ3) is 2.19. The van der Waals surface area contributed by atoms with Gasteiger partial charge in [-0.15, -0.1) is 0 Å². The minimum atomic E-state index is 0.202. The Morgan fingerprint density at radius 1 is 1.54 bits per heavy atom. The van der Waals surface area contributed by atoms with Crippen LogP contribution in [0.2, 0.25) is 0 Å². The first-order chi connectivity index (χ1) is 6.24. The van der Waals surface area contributed by atoms with Crippen LogP contribution in [0.15, 0.2) is 0 Å². The Kier molecular flexibility index (Phi) is 2.51. The van der Waals surface area contributed by atoms with Crippen molar-refractivity contribution in [2.75, 3.05) is 19.6 Å². The average Bonchev–Trinajstić information content (AvgIpc) is 2.62. The van der Waals surface area contributed by atoms with Crippen molar-refractivity contribution in [2.45, 2.75) is 31.3 Å². The highest BCUT2D eigenvalue weighted by Gasteiger charge is 2.26. The van der Waals surface area contributed by atoms with Crippen LogP contribution in [-0.4, -0.2) is 42.5 Å². The number of hydrogen-bond acceptors (Lipinski definition) is 3. The molecule has 0 aromatic carbocycles. The molecule has 2 atom stereocenters. The van der Waals surface area contributed by atoms with Crippen LogP contribution in [0.25, 0.3) is 0 Å². The Bertz CT molecular complexity index is 207. The van der Waals surface area contributed by atoms with Gasteiger partial charge in [0.25, 0.3) is 0 Å². The lowest BCUT2D eigenvalue weighted by Gasteiger charge is -2.19. The van der Waals surface area contributed by atoms with E-state index in [0.717, 1.165) is 32.5 Å². The Morgan fingerprint density at radius 2 is 2.38 bits per heavy atom. The molecule has 0 aromatic heterocycles. The molecule has 0 aromatic rings. The van der Waals surface area contributed by atoms with Crippen LogP contribution in [0.4, 0.5) is 0 Å². The summed E-state index contributed by atoms with van der Waals surface area (Å²) in [6, 6.07) is 0.718. The molecule has 1 amide bonds. The van der Waals surface area contributed by atoms with Crippen LogP contribution in [-0.2, 0) is 4.79 Å². The summed E-state index contributed by atoms with van der Waals surface area (Å²) in [5, 5.41) is 2.97. The first kappa shape index (κ1) is 8.97. The minimum Gasteiger partial charge on any atom is -0.352 e. The van der Waals surface area contributed by atoms with Crippen LogP contribution >= 0.6 is 0 Å². The highest BCUT2D eigenvalue weighted by atomic mass is 16.1. The molecular formula is C9H17N3O. The number of carbonyl (C=O) groups excluding carboxylic acids is 1. The summed E-state index contributed by atoms with van der Waals surface area (Å²) in [5.41, 5.74) is 5.80. The van der Waals surface area contributed by atoms with E-state index in [4.69, 9.17) is 5.73 Å². The number of carbonyl (C=O) groups is 1. The van der Waals surface area contributed by atoms with Crippen molar-refractivity contribution in [2.24, 2.45) is 5.73 Å². The number of hydrogen-bond donors (Lipinski definition) is 2. The largest absolute Gasteiger partial charge is 0.352 e. The van der Waals surface area contributed by atoms with Gasteiger partial charge in [0.2, 0.25) is 5.91 Å². The fraction of sp³-hybridized carbons (Fsp3) is 0.889. The van der Waals surface area contributed by atoms with Crippen molar-refractivity contribution in [1.29, 1.82) is 0 Å². The van der Waals surface area contributed by atoms with Crippen LogP contribution in [0.3, 0.4) is 0 Å². The van der Waals surface area contributed by atoms with Gasteiger partial charge in [-0.3, -0.25) is 9.69 Å². The van der Waals surface area contributed by atoms with E-state index >= 15 is 0 Å². The number of likely N-dealkylation sites (tertiary alicyclic amines) is 1. The van der Waals surface area contributed by atoms with Gasteiger partial charge in [0.05, 0.1) is 0 Å². The van der Waals surface area contributed by atoms with E-state index in [9.17, 15) is 4.79 Å². The summed E-state index contributed by atoms with van der Waals surface area (Å²) in [4.78, 5) is 13.3. The number of nitrogens with zero attached hydrogens (tertiary/aromatic N) is 1. The number of nitrogens with one attached hydrogen (secondary N) is 1. The summed E-state index contributed by atoms with van der Waals surface area (Å²) in [7, 11) is 0. The van der Waals surface area contributed by atoms with E-state index in [2.05, 4.69) is 10.2 Å². The topological polar surface area (TPSA) is 58.4 Å². The summed E-state index contributed by atoms with van der Waals surface area (Å²) in [6.07, 6.45) is 2.79. The number of amides is 1. The zero-order chi connectivity index (χ0) is 9.26. The number of nitrogens with two attached hydrogens (primary N) is 1. The Labute approximate surface area is 78.5 Å². The van der Waals surface area contributed by atoms with E-state index < -0.39 is 0 Å². The van der Waals surface area contributed by atoms with E-state index in [1.54, 1.807) is 0 Å². The molecule has 2 heterocycles. The first-order valence-corrected chi connectivity index (χ1v) is 5.01. The normalized spacial score (nSPS) is 35.3. The van der Waals surface area contributed by atoms with Crippen LogP contribution in [0.1, 0.15) is 19.3 Å². The van der Waals surface area contributed by atoms with Crippen LogP contribution in [0.5, 0.6) is 0 Å². The highest BCUT2D eigenvalue weighted by molar-refractivity contribution is 5.78. The van der Waals surface area contributed by atoms with Crippen molar-refractivity contribution in [3.05, 3.63) is 0 Å². The number of rotatable bonds is 2. The molecule has 13 heavy (non-hydrogen) atoms. The molecule has 3 N–H and O–H groups in total. The Hall–Kier alpha value is -0.610. The second kappa shape index (κ2) is 3.64. The molecular weight excluding hydrogens is 166 g/mol. The van der Waals surface area contributed by atoms with E-state index in [1.807, 2.05) is 0 Å². The fourth-order valence-corrected chi connectivity index (χ4v) is 2.15. The molecule has 4 heteroatoms. The lowest BCUT2D eigenvalue weighted by atomic mass is 10.2. The van der Waals surface area contributed by atoms with Gasteiger partial charge in [0.1, 0.15) is 0 Å². The molecule has 74 valence electrons. The lowest BCUT2D eigenvalue weighted by Crippen LogP contribution is -2.38. The zero-order valence-electron chi connectivity index (χ0n) is 7.83. The predicted molar refractivity (Wildman–Crippen MR) is 50.2 cm³/mol. The highest BCUT2D eigenvalue weighted by Crippen LogP contribution is 2.12. The van der Waals surface area contributed by atoms with Crippen molar-refractivity contribution >= 4 is 5.91 Å². The second-order valence-electron chi connectivity index (χ2n) is 4.11. The SMILES string of the molecule is NC1CCN(CC2CCC(=O)N2)C1. The Balaban J connectivity index is 1.75.